The summed E-state index contributed by atoms with van der Waals surface area (Å²) in [6.07, 6.45) is 1.31. The second kappa shape index (κ2) is 7.86. The van der Waals surface area contributed by atoms with E-state index in [0.717, 1.165) is 31.9 Å². The molecule has 1 aliphatic heterocycles. The van der Waals surface area contributed by atoms with Crippen LogP contribution in [0.2, 0.25) is 0 Å². The van der Waals surface area contributed by atoms with Crippen LogP contribution in [-0.4, -0.2) is 42.9 Å². The Morgan fingerprint density at radius 2 is 1.70 bits per heavy atom. The van der Waals surface area contributed by atoms with Crippen molar-refractivity contribution in [3.63, 3.8) is 0 Å². The Morgan fingerprint density at radius 1 is 1.04 bits per heavy atom. The van der Waals surface area contributed by atoms with Crippen molar-refractivity contribution in [1.82, 2.24) is 4.98 Å². The maximum Gasteiger partial charge on any atom is 0.413 e. The standard InChI is InChI=1S/C21H28N4O2/c1-16-6-5-7-17(14-16)24-10-12-25(13-11-24)18-8-9-19(22-15-18)23-20(26)27-21(2,3)4/h5-9,14-15H,10-13H2,1-4H3,(H,22,23,26). The molecule has 27 heavy (non-hydrogen) atoms. The van der Waals surface area contributed by atoms with Crippen LogP contribution in [0.25, 0.3) is 0 Å². The molecule has 0 bridgehead atoms. The number of nitrogens with one attached hydrogen (secondary N) is 1. The topological polar surface area (TPSA) is 57.7 Å². The highest BCUT2D eigenvalue weighted by Crippen LogP contribution is 2.22. The van der Waals surface area contributed by atoms with E-state index < -0.39 is 11.7 Å². The number of carbonyl (C=O) groups excluding carboxylic acids is 1. The molecule has 0 unspecified atom stereocenters. The summed E-state index contributed by atoms with van der Waals surface area (Å²) in [5.74, 6) is 0.492. The Bertz CT molecular complexity index is 776. The first-order valence-corrected chi connectivity index (χ1v) is 9.33. The van der Waals surface area contributed by atoms with Crippen LogP contribution >= 0.6 is 0 Å². The van der Waals surface area contributed by atoms with Crippen LogP contribution in [-0.2, 0) is 4.74 Å². The van der Waals surface area contributed by atoms with Gasteiger partial charge in [0.25, 0.3) is 0 Å². The van der Waals surface area contributed by atoms with Crippen LogP contribution in [0.3, 0.4) is 0 Å². The van der Waals surface area contributed by atoms with E-state index in [9.17, 15) is 4.79 Å². The fraction of sp³-hybridized carbons (Fsp3) is 0.429. The van der Waals surface area contributed by atoms with Crippen LogP contribution < -0.4 is 15.1 Å². The highest BCUT2D eigenvalue weighted by molar-refractivity contribution is 5.83. The van der Waals surface area contributed by atoms with Gasteiger partial charge in [-0.1, -0.05) is 12.1 Å². The lowest BCUT2D eigenvalue weighted by atomic mass is 10.2. The van der Waals surface area contributed by atoms with Crippen molar-refractivity contribution in [3.8, 4) is 0 Å². The van der Waals surface area contributed by atoms with Gasteiger partial charge in [0, 0.05) is 31.9 Å². The van der Waals surface area contributed by atoms with Gasteiger partial charge in [-0.2, -0.15) is 0 Å². The predicted octanol–water partition coefficient (Wildman–Crippen LogP) is 4.06. The summed E-state index contributed by atoms with van der Waals surface area (Å²) in [6.45, 7) is 11.4. The fourth-order valence-corrected chi connectivity index (χ4v) is 3.10. The van der Waals surface area contributed by atoms with E-state index in [1.807, 2.05) is 32.9 Å². The minimum Gasteiger partial charge on any atom is -0.444 e. The fourth-order valence-electron chi connectivity index (χ4n) is 3.10. The zero-order valence-corrected chi connectivity index (χ0v) is 16.5. The number of hydrogen-bond donors (Lipinski definition) is 1. The quantitative estimate of drug-likeness (QED) is 0.885. The van der Waals surface area contributed by atoms with Crippen molar-refractivity contribution in [2.45, 2.75) is 33.3 Å². The summed E-state index contributed by atoms with van der Waals surface area (Å²) in [7, 11) is 0. The van der Waals surface area contributed by atoms with Gasteiger partial charge >= 0.3 is 6.09 Å². The number of amides is 1. The van der Waals surface area contributed by atoms with Gasteiger partial charge in [-0.15, -0.1) is 0 Å². The molecule has 0 aliphatic carbocycles. The summed E-state index contributed by atoms with van der Waals surface area (Å²) >= 11 is 0. The number of nitrogens with zero attached hydrogens (tertiary/aromatic N) is 3. The van der Waals surface area contributed by atoms with Gasteiger partial charge in [0.15, 0.2) is 0 Å². The molecular formula is C21H28N4O2. The SMILES string of the molecule is Cc1cccc(N2CCN(c3ccc(NC(=O)OC(C)(C)C)nc3)CC2)c1. The number of hydrogen-bond acceptors (Lipinski definition) is 5. The Balaban J connectivity index is 1.55. The van der Waals surface area contributed by atoms with E-state index in [1.165, 1.54) is 11.3 Å². The smallest absolute Gasteiger partial charge is 0.413 e. The lowest BCUT2D eigenvalue weighted by molar-refractivity contribution is 0.0635. The Hall–Kier alpha value is -2.76. The number of rotatable bonds is 3. The first-order chi connectivity index (χ1) is 12.8. The number of piperazine rings is 1. The third kappa shape index (κ3) is 5.36. The maximum absolute atomic E-state index is 11.8. The second-order valence-electron chi connectivity index (χ2n) is 7.84. The molecule has 2 heterocycles. The summed E-state index contributed by atoms with van der Waals surface area (Å²) in [5, 5.41) is 2.66. The molecule has 0 saturated carbocycles. The molecule has 3 rings (SSSR count). The van der Waals surface area contributed by atoms with Crippen molar-refractivity contribution < 1.29 is 9.53 Å². The zero-order valence-electron chi connectivity index (χ0n) is 16.5. The van der Waals surface area contributed by atoms with Crippen molar-refractivity contribution >= 4 is 23.3 Å². The number of aryl methyl sites for hydroxylation is 1. The monoisotopic (exact) mass is 368 g/mol. The minimum absolute atomic E-state index is 0.491. The normalized spacial score (nSPS) is 14.8. The highest BCUT2D eigenvalue weighted by Gasteiger charge is 2.19. The zero-order chi connectivity index (χ0) is 19.4. The van der Waals surface area contributed by atoms with Crippen molar-refractivity contribution in [2.75, 3.05) is 41.3 Å². The van der Waals surface area contributed by atoms with E-state index in [1.54, 1.807) is 6.20 Å². The van der Waals surface area contributed by atoms with E-state index in [4.69, 9.17) is 4.74 Å². The first kappa shape index (κ1) is 19.0. The Labute approximate surface area is 161 Å². The number of benzene rings is 1. The van der Waals surface area contributed by atoms with Crippen LogP contribution in [0.4, 0.5) is 22.0 Å². The molecule has 1 aromatic carbocycles. The maximum atomic E-state index is 11.8. The summed E-state index contributed by atoms with van der Waals surface area (Å²) < 4.78 is 5.24. The van der Waals surface area contributed by atoms with Gasteiger partial charge in [0.2, 0.25) is 0 Å². The first-order valence-electron chi connectivity index (χ1n) is 9.33. The molecule has 6 nitrogen and oxygen atoms in total. The number of aromatic nitrogens is 1. The molecule has 0 radical (unpaired) electrons. The van der Waals surface area contributed by atoms with Crippen LogP contribution in [0.15, 0.2) is 42.6 Å². The van der Waals surface area contributed by atoms with Gasteiger partial charge in [-0.05, 0) is 57.5 Å². The lowest BCUT2D eigenvalue weighted by Gasteiger charge is -2.37. The number of anilines is 3. The lowest BCUT2D eigenvalue weighted by Crippen LogP contribution is -2.46. The average Bonchev–Trinajstić information content (AvgIpc) is 2.61. The molecule has 1 N–H and O–H groups in total. The summed E-state index contributed by atoms with van der Waals surface area (Å²) in [4.78, 5) is 20.9. The molecule has 144 valence electrons. The molecule has 1 amide bonds. The molecule has 1 fully saturated rings. The van der Waals surface area contributed by atoms with Gasteiger partial charge < -0.3 is 14.5 Å². The van der Waals surface area contributed by atoms with Crippen LogP contribution in [0, 0.1) is 6.92 Å². The minimum atomic E-state index is -0.527. The molecule has 2 aromatic rings. The Morgan fingerprint density at radius 3 is 2.26 bits per heavy atom. The third-order valence-corrected chi connectivity index (χ3v) is 4.39. The van der Waals surface area contributed by atoms with E-state index in [0.29, 0.717) is 5.82 Å². The summed E-state index contributed by atoms with van der Waals surface area (Å²) in [6, 6.07) is 12.4. The third-order valence-electron chi connectivity index (χ3n) is 4.39. The van der Waals surface area contributed by atoms with E-state index >= 15 is 0 Å². The highest BCUT2D eigenvalue weighted by atomic mass is 16.6. The molecule has 0 atom stereocenters. The molecule has 6 heteroatoms. The van der Waals surface area contributed by atoms with Crippen LogP contribution in [0.1, 0.15) is 26.3 Å². The Kier molecular flexibility index (Phi) is 5.54. The second-order valence-corrected chi connectivity index (χ2v) is 7.84. The predicted molar refractivity (Wildman–Crippen MR) is 110 cm³/mol. The molecule has 1 saturated heterocycles. The number of pyridine rings is 1. The number of ether oxygens (including phenoxy) is 1. The molecule has 1 aliphatic rings. The average molecular weight is 368 g/mol. The van der Waals surface area contributed by atoms with Crippen molar-refractivity contribution in [1.29, 1.82) is 0 Å². The molecular weight excluding hydrogens is 340 g/mol. The molecule has 0 spiro atoms. The van der Waals surface area contributed by atoms with Crippen LogP contribution in [0.5, 0.6) is 0 Å². The van der Waals surface area contributed by atoms with Gasteiger partial charge in [0.1, 0.15) is 11.4 Å². The van der Waals surface area contributed by atoms with Crippen molar-refractivity contribution in [2.24, 2.45) is 0 Å². The summed E-state index contributed by atoms with van der Waals surface area (Å²) in [5.41, 5.74) is 3.10. The van der Waals surface area contributed by atoms with Gasteiger partial charge in [-0.3, -0.25) is 5.32 Å². The largest absolute Gasteiger partial charge is 0.444 e. The van der Waals surface area contributed by atoms with E-state index in [2.05, 4.69) is 51.3 Å². The van der Waals surface area contributed by atoms with E-state index in [-0.39, 0.29) is 0 Å². The van der Waals surface area contributed by atoms with Crippen molar-refractivity contribution in [3.05, 3.63) is 48.2 Å². The number of carbonyl (C=O) groups is 1. The van der Waals surface area contributed by atoms with Gasteiger partial charge in [-0.25, -0.2) is 9.78 Å². The molecule has 1 aromatic heterocycles. The van der Waals surface area contributed by atoms with Gasteiger partial charge in [0.05, 0.1) is 11.9 Å².